The summed E-state index contributed by atoms with van der Waals surface area (Å²) >= 11 is 0. The van der Waals surface area contributed by atoms with Crippen molar-refractivity contribution in [3.8, 4) is 18.1 Å². The van der Waals surface area contributed by atoms with Gasteiger partial charge in [-0.1, -0.05) is 30.2 Å². The minimum absolute atomic E-state index is 0.318. The number of esters is 1. The van der Waals surface area contributed by atoms with Crippen LogP contribution in [0, 0.1) is 12.3 Å². The number of aromatic nitrogens is 1. The summed E-state index contributed by atoms with van der Waals surface area (Å²) in [4.78, 5) is 21.4. The van der Waals surface area contributed by atoms with Crippen LogP contribution in [0.3, 0.4) is 0 Å². The molecule has 1 aliphatic heterocycles. The van der Waals surface area contributed by atoms with Gasteiger partial charge in [0.1, 0.15) is 18.0 Å². The van der Waals surface area contributed by atoms with E-state index in [-0.39, 0.29) is 5.97 Å². The van der Waals surface area contributed by atoms with Crippen molar-refractivity contribution in [3.63, 3.8) is 0 Å². The third-order valence-electron chi connectivity index (χ3n) is 5.33. The number of terminal acetylenes is 1. The number of benzene rings is 2. The number of hydrogen-bond donors (Lipinski definition) is 0. The first-order valence-corrected chi connectivity index (χ1v) is 10.6. The summed E-state index contributed by atoms with van der Waals surface area (Å²) in [5, 5.41) is 0. The topological polar surface area (TPSA) is 60.8 Å². The molecule has 3 aromatic rings. The highest BCUT2D eigenvalue weighted by Gasteiger charge is 2.41. The van der Waals surface area contributed by atoms with Gasteiger partial charge in [-0.3, -0.25) is 9.98 Å². The molecule has 2 aromatic carbocycles. The van der Waals surface area contributed by atoms with Crippen molar-refractivity contribution < 1.29 is 14.3 Å². The van der Waals surface area contributed by atoms with Gasteiger partial charge in [0.05, 0.1) is 17.0 Å². The van der Waals surface area contributed by atoms with Crippen molar-refractivity contribution in [2.75, 3.05) is 6.61 Å². The van der Waals surface area contributed by atoms with Crippen LogP contribution in [0.5, 0.6) is 5.75 Å². The second-order valence-corrected chi connectivity index (χ2v) is 8.21. The van der Waals surface area contributed by atoms with E-state index in [9.17, 15) is 4.79 Å². The Labute approximate surface area is 193 Å². The molecule has 0 aliphatic carbocycles. The fourth-order valence-electron chi connectivity index (χ4n) is 3.85. The number of aliphatic imine (C=N–C) groups is 1. The van der Waals surface area contributed by atoms with Gasteiger partial charge in [-0.15, -0.1) is 6.42 Å². The summed E-state index contributed by atoms with van der Waals surface area (Å²) in [6, 6.07) is 18.7. The molecule has 4 rings (SSSR count). The van der Waals surface area contributed by atoms with E-state index in [2.05, 4.69) is 15.9 Å². The maximum absolute atomic E-state index is 12.7. The number of para-hydroxylation sites is 1. The number of cyclic esters (lactones) is 1. The number of hydrogen-bond acceptors (Lipinski definition) is 5. The van der Waals surface area contributed by atoms with Crippen LogP contribution in [0.2, 0.25) is 0 Å². The zero-order valence-electron chi connectivity index (χ0n) is 18.8. The monoisotopic (exact) mass is 436 g/mol. The molecule has 0 amide bonds. The molecule has 0 saturated carbocycles. The summed E-state index contributed by atoms with van der Waals surface area (Å²) < 4.78 is 11.6. The Morgan fingerprint density at radius 1 is 1.06 bits per heavy atom. The molecule has 0 bridgehead atoms. The third-order valence-corrected chi connectivity index (χ3v) is 5.33. The van der Waals surface area contributed by atoms with E-state index in [1.54, 1.807) is 12.4 Å². The molecule has 0 N–H and O–H groups in total. The lowest BCUT2D eigenvalue weighted by atomic mass is 9.87. The lowest BCUT2D eigenvalue weighted by molar-refractivity contribution is -0.141. The maximum Gasteiger partial charge on any atom is 0.340 e. The lowest BCUT2D eigenvalue weighted by Crippen LogP contribution is -2.22. The SMILES string of the molecule is C#Cc1ccccc1/N=C(\C)COc1ccc(C2=C(c3ccncc3)C(C)(C)OC2=O)cc1. The highest BCUT2D eigenvalue weighted by Crippen LogP contribution is 2.43. The van der Waals surface area contributed by atoms with Gasteiger partial charge in [-0.05, 0) is 68.3 Å². The van der Waals surface area contributed by atoms with Gasteiger partial charge in [0.15, 0.2) is 0 Å². The van der Waals surface area contributed by atoms with Crippen molar-refractivity contribution in [2.45, 2.75) is 26.4 Å². The second kappa shape index (κ2) is 9.13. The summed E-state index contributed by atoms with van der Waals surface area (Å²) in [6.45, 7) is 6.00. The van der Waals surface area contributed by atoms with Gasteiger partial charge in [-0.25, -0.2) is 4.79 Å². The minimum Gasteiger partial charge on any atom is -0.488 e. The quantitative estimate of drug-likeness (QED) is 0.292. The predicted octanol–water partition coefficient (Wildman–Crippen LogP) is 5.48. The summed E-state index contributed by atoms with van der Waals surface area (Å²) in [7, 11) is 0. The number of nitrogens with zero attached hydrogens (tertiary/aromatic N) is 2. The Morgan fingerprint density at radius 2 is 1.76 bits per heavy atom. The van der Waals surface area contributed by atoms with Crippen molar-refractivity contribution in [2.24, 2.45) is 4.99 Å². The number of rotatable bonds is 6. The zero-order valence-corrected chi connectivity index (χ0v) is 18.8. The smallest absolute Gasteiger partial charge is 0.340 e. The van der Waals surface area contributed by atoms with Crippen molar-refractivity contribution in [1.82, 2.24) is 4.98 Å². The second-order valence-electron chi connectivity index (χ2n) is 8.21. The molecule has 0 unspecified atom stereocenters. The Bertz CT molecular complexity index is 1280. The molecule has 33 heavy (non-hydrogen) atoms. The maximum atomic E-state index is 12.7. The largest absolute Gasteiger partial charge is 0.488 e. The van der Waals surface area contributed by atoms with E-state index >= 15 is 0 Å². The fourth-order valence-corrected chi connectivity index (χ4v) is 3.85. The van der Waals surface area contributed by atoms with Crippen molar-refractivity contribution in [1.29, 1.82) is 0 Å². The number of carbonyl (C=O) groups is 1. The van der Waals surface area contributed by atoms with Crippen LogP contribution in [0.4, 0.5) is 5.69 Å². The average Bonchev–Trinajstić information content (AvgIpc) is 3.07. The molecular weight excluding hydrogens is 412 g/mol. The number of carbonyl (C=O) groups excluding carboxylic acids is 1. The highest BCUT2D eigenvalue weighted by molar-refractivity contribution is 6.28. The summed E-state index contributed by atoms with van der Waals surface area (Å²) in [5.41, 5.74) is 4.64. The van der Waals surface area contributed by atoms with Gasteiger partial charge in [0.2, 0.25) is 0 Å². The standard InChI is InChI=1S/C28H24N2O3/c1-5-20-8-6-7-9-24(20)30-19(2)18-32-23-12-10-21(11-13-23)25-26(22-14-16-29-17-15-22)28(3,4)33-27(25)31/h1,6-17H,18H2,2-4H3/b30-19+. The fraction of sp³-hybridized carbons (Fsp3) is 0.179. The van der Waals surface area contributed by atoms with E-state index in [1.807, 2.05) is 81.4 Å². The van der Waals surface area contributed by atoms with E-state index in [1.165, 1.54) is 0 Å². The highest BCUT2D eigenvalue weighted by atomic mass is 16.6. The van der Waals surface area contributed by atoms with Gasteiger partial charge >= 0.3 is 5.97 Å². The molecule has 1 aromatic heterocycles. The van der Waals surface area contributed by atoms with Gasteiger partial charge in [-0.2, -0.15) is 0 Å². The van der Waals surface area contributed by atoms with Crippen LogP contribution in [0.15, 0.2) is 78.0 Å². The lowest BCUT2D eigenvalue weighted by Gasteiger charge is -2.21. The molecule has 0 radical (unpaired) electrons. The summed E-state index contributed by atoms with van der Waals surface area (Å²) in [5.74, 6) is 2.98. The first-order chi connectivity index (χ1) is 15.9. The third kappa shape index (κ3) is 4.70. The van der Waals surface area contributed by atoms with Gasteiger partial charge < -0.3 is 9.47 Å². The molecule has 1 aliphatic rings. The normalized spacial score (nSPS) is 15.2. The first kappa shape index (κ1) is 22.0. The Kier molecular flexibility index (Phi) is 6.10. The van der Waals surface area contributed by atoms with E-state index in [0.717, 1.165) is 33.7 Å². The molecule has 0 spiro atoms. The minimum atomic E-state index is -0.731. The number of pyridine rings is 1. The van der Waals surface area contributed by atoms with Crippen molar-refractivity contribution in [3.05, 3.63) is 89.7 Å². The van der Waals surface area contributed by atoms with Crippen LogP contribution >= 0.6 is 0 Å². The molecule has 164 valence electrons. The average molecular weight is 437 g/mol. The molecule has 0 fully saturated rings. The summed E-state index contributed by atoms with van der Waals surface area (Å²) in [6.07, 6.45) is 8.96. The van der Waals surface area contributed by atoms with E-state index in [0.29, 0.717) is 17.9 Å². The predicted molar refractivity (Wildman–Crippen MR) is 130 cm³/mol. The Hall–Kier alpha value is -4.17. The van der Waals surface area contributed by atoms with Crippen LogP contribution in [0.25, 0.3) is 11.1 Å². The number of ether oxygens (including phenoxy) is 2. The van der Waals surface area contributed by atoms with E-state index < -0.39 is 5.60 Å². The van der Waals surface area contributed by atoms with Gasteiger partial charge in [0, 0.05) is 23.5 Å². The molecular formula is C28H24N2O3. The Balaban J connectivity index is 1.55. The van der Waals surface area contributed by atoms with Crippen LogP contribution < -0.4 is 4.74 Å². The molecule has 5 heteroatoms. The zero-order chi connectivity index (χ0) is 23.4. The van der Waals surface area contributed by atoms with Crippen LogP contribution in [-0.4, -0.2) is 28.9 Å². The molecule has 5 nitrogen and oxygen atoms in total. The van der Waals surface area contributed by atoms with E-state index in [4.69, 9.17) is 15.9 Å². The van der Waals surface area contributed by atoms with Gasteiger partial charge in [0.25, 0.3) is 0 Å². The van der Waals surface area contributed by atoms with Crippen LogP contribution in [0.1, 0.15) is 37.5 Å². The molecule has 2 heterocycles. The van der Waals surface area contributed by atoms with Crippen LogP contribution in [-0.2, 0) is 9.53 Å². The Morgan fingerprint density at radius 3 is 2.45 bits per heavy atom. The first-order valence-electron chi connectivity index (χ1n) is 10.6. The molecule has 0 atom stereocenters. The molecule has 0 saturated heterocycles. The van der Waals surface area contributed by atoms with Crippen molar-refractivity contribution >= 4 is 28.5 Å².